The summed E-state index contributed by atoms with van der Waals surface area (Å²) < 4.78 is 0. The van der Waals surface area contributed by atoms with E-state index in [0.717, 1.165) is 12.8 Å². The van der Waals surface area contributed by atoms with Crippen molar-refractivity contribution in [3.8, 4) is 0 Å². The Morgan fingerprint density at radius 3 is 1.50 bits per heavy atom. The van der Waals surface area contributed by atoms with Crippen LogP contribution >= 0.6 is 0 Å². The molecule has 0 amide bonds. The van der Waals surface area contributed by atoms with Crippen LogP contribution in [0.25, 0.3) is 0 Å². The number of rotatable bonds is 11. The van der Waals surface area contributed by atoms with Gasteiger partial charge in [-0.05, 0) is 6.42 Å². The number of carboxylic acid groups (broad SMARTS) is 1. The van der Waals surface area contributed by atoms with Crippen molar-refractivity contribution >= 4 is 5.97 Å². The summed E-state index contributed by atoms with van der Waals surface area (Å²) in [6.07, 6.45) is 7.69. The first-order chi connectivity index (χ1) is 10.5. The van der Waals surface area contributed by atoms with E-state index >= 15 is 0 Å². The Kier molecular flexibility index (Phi) is 30.0. The molecule has 0 aromatic carbocycles. The van der Waals surface area contributed by atoms with E-state index in [2.05, 4.69) is 6.92 Å². The highest BCUT2D eigenvalue weighted by Gasteiger charge is 1.95. The molecule has 0 saturated carbocycles. The highest BCUT2D eigenvalue weighted by molar-refractivity contribution is 5.66. The molecule has 136 valence electrons. The highest BCUT2D eigenvalue weighted by Crippen LogP contribution is 2.07. The van der Waals surface area contributed by atoms with Gasteiger partial charge in [-0.2, -0.15) is 0 Å². The second-order valence-electron chi connectivity index (χ2n) is 4.73. The van der Waals surface area contributed by atoms with Gasteiger partial charge in [-0.15, -0.1) is 0 Å². The minimum absolute atomic E-state index is 0.125. The van der Waals surface area contributed by atoms with Crippen LogP contribution in [0.4, 0.5) is 0 Å². The monoisotopic (exact) mass is 326 g/mol. The SMILES string of the molecule is CCCCCCCCCC(=O)O.OCC(O)CO.OCCO. The molecule has 7 heteroatoms. The number of carboxylic acids is 1. The van der Waals surface area contributed by atoms with Crippen molar-refractivity contribution in [1.82, 2.24) is 0 Å². The van der Waals surface area contributed by atoms with E-state index in [9.17, 15) is 4.79 Å². The van der Waals surface area contributed by atoms with Gasteiger partial charge in [0.2, 0.25) is 0 Å². The summed E-state index contributed by atoms with van der Waals surface area (Å²) in [6.45, 7) is 1.22. The van der Waals surface area contributed by atoms with Crippen molar-refractivity contribution in [2.24, 2.45) is 0 Å². The molecule has 0 saturated heterocycles. The number of unbranched alkanes of at least 4 members (excludes halogenated alkanes) is 6. The van der Waals surface area contributed by atoms with Crippen molar-refractivity contribution in [2.75, 3.05) is 26.4 Å². The first kappa shape index (κ1) is 26.2. The van der Waals surface area contributed by atoms with E-state index in [1.54, 1.807) is 0 Å². The van der Waals surface area contributed by atoms with Crippen molar-refractivity contribution in [3.63, 3.8) is 0 Å². The highest BCUT2D eigenvalue weighted by atomic mass is 16.4. The Hall–Kier alpha value is -0.730. The van der Waals surface area contributed by atoms with Crippen LogP contribution < -0.4 is 0 Å². The number of carbonyl (C=O) groups is 1. The smallest absolute Gasteiger partial charge is 0.303 e. The first-order valence-corrected chi connectivity index (χ1v) is 7.83. The molecule has 0 aliphatic heterocycles. The Morgan fingerprint density at radius 1 is 0.818 bits per heavy atom. The van der Waals surface area contributed by atoms with Crippen LogP contribution in [0.5, 0.6) is 0 Å². The minimum atomic E-state index is -0.954. The van der Waals surface area contributed by atoms with Crippen LogP contribution in [-0.4, -0.2) is 69.1 Å². The summed E-state index contributed by atoms with van der Waals surface area (Å²) in [7, 11) is 0. The van der Waals surface area contributed by atoms with Crippen molar-refractivity contribution in [2.45, 2.75) is 64.4 Å². The van der Waals surface area contributed by atoms with E-state index in [1.165, 1.54) is 32.1 Å². The lowest BCUT2D eigenvalue weighted by atomic mass is 10.1. The third-order valence-electron chi connectivity index (χ3n) is 2.52. The van der Waals surface area contributed by atoms with Gasteiger partial charge < -0.3 is 30.6 Å². The largest absolute Gasteiger partial charge is 0.481 e. The number of aliphatic hydroxyl groups is 5. The molecule has 0 radical (unpaired) electrons. The molecule has 0 aromatic heterocycles. The summed E-state index contributed by atoms with van der Waals surface area (Å²) >= 11 is 0. The Bertz CT molecular complexity index is 194. The predicted octanol–water partition coefficient (Wildman–Crippen LogP) is 0.515. The second-order valence-corrected chi connectivity index (χ2v) is 4.73. The van der Waals surface area contributed by atoms with Crippen LogP contribution in [0.15, 0.2) is 0 Å². The number of aliphatic hydroxyl groups excluding tert-OH is 5. The van der Waals surface area contributed by atoms with E-state index in [-0.39, 0.29) is 26.4 Å². The summed E-state index contributed by atoms with van der Waals surface area (Å²) in [4.78, 5) is 10.1. The number of aliphatic carboxylic acids is 1. The predicted molar refractivity (Wildman–Crippen MR) is 84.6 cm³/mol. The average molecular weight is 326 g/mol. The van der Waals surface area contributed by atoms with E-state index in [0.29, 0.717) is 6.42 Å². The lowest BCUT2D eigenvalue weighted by Crippen LogP contribution is -2.15. The normalized spacial score (nSPS) is 9.59. The molecule has 0 rings (SSSR count). The molecule has 6 N–H and O–H groups in total. The van der Waals surface area contributed by atoms with Crippen LogP contribution in [0.2, 0.25) is 0 Å². The van der Waals surface area contributed by atoms with Gasteiger partial charge in [-0.1, -0.05) is 45.4 Å². The molecular formula is C15H34O7. The average Bonchev–Trinajstić information content (AvgIpc) is 2.53. The van der Waals surface area contributed by atoms with Crippen molar-refractivity contribution in [3.05, 3.63) is 0 Å². The molecule has 0 aliphatic rings. The maximum atomic E-state index is 10.1. The quantitative estimate of drug-likeness (QED) is 0.304. The minimum Gasteiger partial charge on any atom is -0.481 e. The third-order valence-corrected chi connectivity index (χ3v) is 2.52. The summed E-state index contributed by atoms with van der Waals surface area (Å²) in [6, 6.07) is 0. The van der Waals surface area contributed by atoms with E-state index in [1.807, 2.05) is 0 Å². The van der Waals surface area contributed by atoms with E-state index in [4.69, 9.17) is 30.6 Å². The van der Waals surface area contributed by atoms with Gasteiger partial charge in [-0.25, -0.2) is 0 Å². The van der Waals surface area contributed by atoms with Gasteiger partial charge in [-0.3, -0.25) is 4.79 Å². The second kappa shape index (κ2) is 25.2. The third kappa shape index (κ3) is 36.5. The Labute approximate surface area is 133 Å². The first-order valence-electron chi connectivity index (χ1n) is 7.83. The zero-order valence-electron chi connectivity index (χ0n) is 13.7. The number of hydrogen-bond donors (Lipinski definition) is 6. The topological polar surface area (TPSA) is 138 Å². The van der Waals surface area contributed by atoms with Crippen LogP contribution in [0, 0.1) is 0 Å². The van der Waals surface area contributed by atoms with E-state index < -0.39 is 12.1 Å². The Morgan fingerprint density at radius 2 is 1.23 bits per heavy atom. The maximum absolute atomic E-state index is 10.1. The fourth-order valence-corrected chi connectivity index (χ4v) is 1.29. The summed E-state index contributed by atoms with van der Waals surface area (Å²) in [5, 5.41) is 47.6. The fraction of sp³-hybridized carbons (Fsp3) is 0.933. The fourth-order valence-electron chi connectivity index (χ4n) is 1.29. The molecule has 0 fully saturated rings. The molecule has 0 bridgehead atoms. The lowest BCUT2D eigenvalue weighted by molar-refractivity contribution is -0.137. The van der Waals surface area contributed by atoms with Crippen molar-refractivity contribution < 1.29 is 35.4 Å². The van der Waals surface area contributed by atoms with Crippen LogP contribution in [-0.2, 0) is 4.79 Å². The molecule has 0 atom stereocenters. The standard InChI is InChI=1S/C10H20O2.C3H8O3.C2H6O2/c1-2-3-4-5-6-7-8-9-10(11)12;4-1-3(6)2-5;3-1-2-4/h2-9H2,1H3,(H,11,12);3-6H,1-2H2;3-4H,1-2H2. The number of hydrogen-bond acceptors (Lipinski definition) is 6. The van der Waals surface area contributed by atoms with Crippen LogP contribution in [0.3, 0.4) is 0 Å². The molecule has 0 aromatic rings. The van der Waals surface area contributed by atoms with Gasteiger partial charge in [0.1, 0.15) is 6.10 Å². The van der Waals surface area contributed by atoms with Gasteiger partial charge in [0.15, 0.2) is 0 Å². The summed E-state index contributed by atoms with van der Waals surface area (Å²) in [5.74, 6) is -0.663. The summed E-state index contributed by atoms with van der Waals surface area (Å²) in [5.41, 5.74) is 0. The molecule has 0 spiro atoms. The van der Waals surface area contributed by atoms with Crippen LogP contribution in [0.1, 0.15) is 58.3 Å². The zero-order chi connectivity index (χ0) is 17.6. The molecule has 0 unspecified atom stereocenters. The van der Waals surface area contributed by atoms with Gasteiger partial charge in [0.25, 0.3) is 0 Å². The lowest BCUT2D eigenvalue weighted by Gasteiger charge is -1.98. The molecule has 0 heterocycles. The maximum Gasteiger partial charge on any atom is 0.303 e. The van der Waals surface area contributed by atoms with Gasteiger partial charge in [0, 0.05) is 6.42 Å². The molecular weight excluding hydrogens is 292 g/mol. The van der Waals surface area contributed by atoms with Gasteiger partial charge in [0.05, 0.1) is 26.4 Å². The molecule has 22 heavy (non-hydrogen) atoms. The van der Waals surface area contributed by atoms with Crippen molar-refractivity contribution in [1.29, 1.82) is 0 Å². The molecule has 0 aliphatic carbocycles. The zero-order valence-corrected chi connectivity index (χ0v) is 13.7. The molecule has 7 nitrogen and oxygen atoms in total. The van der Waals surface area contributed by atoms with Gasteiger partial charge >= 0.3 is 5.97 Å². The Balaban J connectivity index is -0.000000300.